The van der Waals surface area contributed by atoms with Crippen molar-refractivity contribution in [3.8, 4) is 17.4 Å². The summed E-state index contributed by atoms with van der Waals surface area (Å²) in [4.78, 5) is 15.1. The molecule has 1 aromatic carbocycles. The van der Waals surface area contributed by atoms with Gasteiger partial charge in [-0.3, -0.25) is 4.79 Å². The second-order valence-corrected chi connectivity index (χ2v) is 6.91. The fraction of sp³-hybridized carbons (Fsp3) is 0.250. The fourth-order valence-corrected chi connectivity index (χ4v) is 3.22. The van der Waals surface area contributed by atoms with Gasteiger partial charge in [-0.2, -0.15) is 13.2 Å². The predicted molar refractivity (Wildman–Crippen MR) is 91.1 cm³/mol. The quantitative estimate of drug-likeness (QED) is 0.689. The Labute approximate surface area is 165 Å². The minimum atomic E-state index is -4.86. The van der Waals surface area contributed by atoms with Crippen molar-refractivity contribution in [1.29, 1.82) is 0 Å². The number of carbonyl (C=O) groups is 1. The average molecular weight is 443 g/mol. The Hall–Kier alpha value is -1.90. The SMILES string of the molecule is O=C(O)C1Cc2cc(Cl)c(Oc3ncc(Cl)cc3Cl)cc2OC1C(F)(F)F. The number of rotatable bonds is 3. The predicted octanol–water partition coefficient (Wildman–Crippen LogP) is 5.40. The molecule has 2 atom stereocenters. The van der Waals surface area contributed by atoms with Crippen LogP contribution in [0.2, 0.25) is 15.1 Å². The van der Waals surface area contributed by atoms with Crippen molar-refractivity contribution >= 4 is 40.8 Å². The fourth-order valence-electron chi connectivity index (χ4n) is 2.58. The van der Waals surface area contributed by atoms with Gasteiger partial charge in [0.05, 0.1) is 10.0 Å². The Morgan fingerprint density at radius 2 is 1.93 bits per heavy atom. The van der Waals surface area contributed by atoms with Gasteiger partial charge in [-0.1, -0.05) is 34.8 Å². The number of pyridine rings is 1. The zero-order valence-corrected chi connectivity index (χ0v) is 15.3. The minimum absolute atomic E-state index is 0.0276. The molecule has 1 aromatic heterocycles. The molecule has 0 saturated heterocycles. The van der Waals surface area contributed by atoms with E-state index >= 15 is 0 Å². The van der Waals surface area contributed by atoms with Crippen LogP contribution in [0.5, 0.6) is 17.4 Å². The van der Waals surface area contributed by atoms with Crippen LogP contribution in [-0.4, -0.2) is 28.3 Å². The topological polar surface area (TPSA) is 68.7 Å². The van der Waals surface area contributed by atoms with Crippen molar-refractivity contribution < 1.29 is 32.5 Å². The first-order chi connectivity index (χ1) is 12.6. The van der Waals surface area contributed by atoms with Crippen LogP contribution < -0.4 is 9.47 Å². The molecule has 11 heteroatoms. The lowest BCUT2D eigenvalue weighted by Crippen LogP contribution is -2.47. The first-order valence-corrected chi connectivity index (χ1v) is 8.47. The van der Waals surface area contributed by atoms with E-state index in [9.17, 15) is 18.0 Å². The van der Waals surface area contributed by atoms with Crippen LogP contribution in [-0.2, 0) is 11.2 Å². The third-order valence-electron chi connectivity index (χ3n) is 3.79. The Balaban J connectivity index is 1.97. The molecule has 5 nitrogen and oxygen atoms in total. The third-order valence-corrected chi connectivity index (χ3v) is 4.57. The maximum Gasteiger partial charge on any atom is 0.426 e. The summed E-state index contributed by atoms with van der Waals surface area (Å²) >= 11 is 17.8. The summed E-state index contributed by atoms with van der Waals surface area (Å²) < 4.78 is 49.9. The molecule has 1 aliphatic rings. The molecule has 3 rings (SSSR count). The largest absolute Gasteiger partial charge is 0.481 e. The molecule has 2 aromatic rings. The van der Waals surface area contributed by atoms with Crippen LogP contribution in [0.3, 0.4) is 0 Å². The van der Waals surface area contributed by atoms with Crippen LogP contribution in [0.4, 0.5) is 13.2 Å². The number of fused-ring (bicyclic) bond motifs is 1. The summed E-state index contributed by atoms with van der Waals surface area (Å²) in [5, 5.41) is 9.46. The van der Waals surface area contributed by atoms with Crippen molar-refractivity contribution in [2.75, 3.05) is 0 Å². The number of hydrogen-bond donors (Lipinski definition) is 1. The summed E-state index contributed by atoms with van der Waals surface area (Å²) in [5.41, 5.74) is 0.218. The number of benzene rings is 1. The van der Waals surface area contributed by atoms with Crippen molar-refractivity contribution in [3.63, 3.8) is 0 Å². The zero-order chi connectivity index (χ0) is 19.9. The maximum absolute atomic E-state index is 13.2. The Kier molecular flexibility index (Phi) is 5.33. The highest BCUT2D eigenvalue weighted by molar-refractivity contribution is 6.35. The smallest absolute Gasteiger partial charge is 0.426 e. The monoisotopic (exact) mass is 441 g/mol. The molecule has 144 valence electrons. The molecule has 0 amide bonds. The first kappa shape index (κ1) is 19.9. The molecule has 0 spiro atoms. The number of carboxylic acids is 1. The molecule has 0 bridgehead atoms. The van der Waals surface area contributed by atoms with E-state index in [0.29, 0.717) is 0 Å². The van der Waals surface area contributed by atoms with Crippen molar-refractivity contribution in [2.45, 2.75) is 18.7 Å². The number of aliphatic carboxylic acids is 1. The Morgan fingerprint density at radius 3 is 2.52 bits per heavy atom. The molecular weight excluding hydrogens is 434 g/mol. The van der Waals surface area contributed by atoms with Crippen LogP contribution in [0.1, 0.15) is 5.56 Å². The molecule has 1 N–H and O–H groups in total. The number of hydrogen-bond acceptors (Lipinski definition) is 4. The number of nitrogens with zero attached hydrogens (tertiary/aromatic N) is 1. The van der Waals surface area contributed by atoms with Gasteiger partial charge in [0.25, 0.3) is 0 Å². The number of carboxylic acid groups (broad SMARTS) is 1. The van der Waals surface area contributed by atoms with E-state index in [-0.39, 0.29) is 38.0 Å². The lowest BCUT2D eigenvalue weighted by Gasteiger charge is -2.32. The van der Waals surface area contributed by atoms with E-state index in [2.05, 4.69) is 4.98 Å². The summed E-state index contributed by atoms with van der Waals surface area (Å²) in [6.07, 6.45) is -6.48. The Bertz CT molecular complexity index is 907. The van der Waals surface area contributed by atoms with Gasteiger partial charge in [-0.15, -0.1) is 0 Å². The molecule has 0 saturated carbocycles. The molecular formula is C16H9Cl3F3NO4. The highest BCUT2D eigenvalue weighted by atomic mass is 35.5. The van der Waals surface area contributed by atoms with E-state index in [0.717, 1.165) is 6.07 Å². The van der Waals surface area contributed by atoms with E-state index in [4.69, 9.17) is 49.4 Å². The van der Waals surface area contributed by atoms with Crippen molar-refractivity contribution in [1.82, 2.24) is 4.98 Å². The summed E-state index contributed by atoms with van der Waals surface area (Å²) in [7, 11) is 0. The summed E-state index contributed by atoms with van der Waals surface area (Å²) in [6.45, 7) is 0. The average Bonchev–Trinajstić information content (AvgIpc) is 2.55. The normalized spacial score (nSPS) is 19.2. The van der Waals surface area contributed by atoms with Crippen LogP contribution in [0.15, 0.2) is 24.4 Å². The molecule has 0 radical (unpaired) electrons. The van der Waals surface area contributed by atoms with Crippen LogP contribution in [0, 0.1) is 5.92 Å². The standard InChI is InChI=1S/C16H9Cl3F3NO4/c17-7-3-10(19)14(23-5-7)27-12-4-11-6(2-9(12)18)1-8(15(24)25)13(26-11)16(20,21)22/h2-5,8,13H,1H2,(H,24,25). The molecule has 1 aliphatic heterocycles. The summed E-state index contributed by atoms with van der Waals surface area (Å²) in [5.74, 6) is -3.69. The number of aromatic nitrogens is 1. The van der Waals surface area contributed by atoms with Gasteiger partial charge in [0.15, 0.2) is 5.75 Å². The van der Waals surface area contributed by atoms with E-state index in [1.165, 1.54) is 18.3 Å². The van der Waals surface area contributed by atoms with Crippen LogP contribution in [0.25, 0.3) is 0 Å². The van der Waals surface area contributed by atoms with Crippen molar-refractivity contribution in [2.24, 2.45) is 5.92 Å². The molecule has 0 fully saturated rings. The molecule has 0 aliphatic carbocycles. The van der Waals surface area contributed by atoms with Gasteiger partial charge in [0.1, 0.15) is 16.7 Å². The minimum Gasteiger partial charge on any atom is -0.481 e. The van der Waals surface area contributed by atoms with Gasteiger partial charge in [0.2, 0.25) is 12.0 Å². The highest BCUT2D eigenvalue weighted by Gasteiger charge is 2.52. The van der Waals surface area contributed by atoms with E-state index in [1.807, 2.05) is 0 Å². The number of ether oxygens (including phenoxy) is 2. The second-order valence-electron chi connectivity index (χ2n) is 5.66. The molecule has 27 heavy (non-hydrogen) atoms. The van der Waals surface area contributed by atoms with Crippen LogP contribution >= 0.6 is 34.8 Å². The van der Waals surface area contributed by atoms with Gasteiger partial charge in [-0.25, -0.2) is 4.98 Å². The van der Waals surface area contributed by atoms with Gasteiger partial charge in [-0.05, 0) is 24.1 Å². The lowest BCUT2D eigenvalue weighted by molar-refractivity contribution is -0.217. The molecule has 2 heterocycles. The highest BCUT2D eigenvalue weighted by Crippen LogP contribution is 2.43. The van der Waals surface area contributed by atoms with Gasteiger partial charge in [0, 0.05) is 12.3 Å². The summed E-state index contributed by atoms with van der Waals surface area (Å²) in [6, 6.07) is 3.80. The van der Waals surface area contributed by atoms with Gasteiger partial charge >= 0.3 is 12.1 Å². The van der Waals surface area contributed by atoms with Gasteiger partial charge < -0.3 is 14.6 Å². The third kappa shape index (κ3) is 4.17. The maximum atomic E-state index is 13.2. The van der Waals surface area contributed by atoms with E-state index < -0.39 is 30.6 Å². The first-order valence-electron chi connectivity index (χ1n) is 7.33. The Morgan fingerprint density at radius 1 is 1.22 bits per heavy atom. The number of halogens is 6. The zero-order valence-electron chi connectivity index (χ0n) is 13.1. The van der Waals surface area contributed by atoms with E-state index in [1.54, 1.807) is 0 Å². The lowest BCUT2D eigenvalue weighted by atomic mass is 9.90. The van der Waals surface area contributed by atoms with Crippen molar-refractivity contribution in [3.05, 3.63) is 45.0 Å². The number of alkyl halides is 3. The molecule has 2 unspecified atom stereocenters. The second kappa shape index (κ2) is 7.26.